The lowest BCUT2D eigenvalue weighted by Gasteiger charge is -2.36. The maximum absolute atomic E-state index is 11.9. The van der Waals surface area contributed by atoms with Crippen molar-refractivity contribution in [2.45, 2.75) is 12.5 Å². The minimum absolute atomic E-state index is 0.132. The SMILES string of the molecule is CC(=O)N(C(=N)[O])c1csc(NC(c2ccccc2)(c2ccccc2)c2ccccc2)n1. The quantitative estimate of drug-likeness (QED) is 0.243. The van der Waals surface area contributed by atoms with Gasteiger partial charge in [0.25, 0.3) is 0 Å². The lowest BCUT2D eigenvalue weighted by molar-refractivity contribution is -0.115. The molecule has 6 nitrogen and oxygen atoms in total. The zero-order valence-electron chi connectivity index (χ0n) is 17.4. The highest BCUT2D eigenvalue weighted by atomic mass is 32.1. The molecular weight excluding hydrogens is 420 g/mol. The number of carbonyl (C=O) groups excluding carboxylic acids is 1. The van der Waals surface area contributed by atoms with Crippen LogP contribution in [0.3, 0.4) is 0 Å². The molecule has 1 amide bonds. The monoisotopic (exact) mass is 441 g/mol. The minimum atomic E-state index is -1.12. The van der Waals surface area contributed by atoms with Gasteiger partial charge in [0.1, 0.15) is 5.54 Å². The number of rotatable bonds is 6. The molecular formula is C25H21N4O2S. The predicted octanol–water partition coefficient (Wildman–Crippen LogP) is 5.27. The molecule has 1 aromatic heterocycles. The summed E-state index contributed by atoms with van der Waals surface area (Å²) < 4.78 is 0. The number of nitrogens with zero attached hydrogens (tertiary/aromatic N) is 2. The number of hydrogen-bond acceptors (Lipinski definition) is 5. The molecule has 1 heterocycles. The molecule has 0 spiro atoms. The normalized spacial score (nSPS) is 11.0. The summed E-state index contributed by atoms with van der Waals surface area (Å²) in [4.78, 5) is 17.1. The number of amides is 1. The molecule has 0 bridgehead atoms. The van der Waals surface area contributed by atoms with E-state index in [-0.39, 0.29) is 5.82 Å². The number of benzene rings is 3. The second kappa shape index (κ2) is 9.03. The van der Waals surface area contributed by atoms with Crippen molar-refractivity contribution in [2.75, 3.05) is 10.2 Å². The van der Waals surface area contributed by atoms with Crippen molar-refractivity contribution in [2.24, 2.45) is 0 Å². The van der Waals surface area contributed by atoms with Crippen molar-refractivity contribution >= 4 is 34.2 Å². The van der Waals surface area contributed by atoms with Crippen LogP contribution in [0.1, 0.15) is 23.6 Å². The Morgan fingerprint density at radius 3 is 1.69 bits per heavy atom. The molecule has 0 saturated heterocycles. The summed E-state index contributed by atoms with van der Waals surface area (Å²) in [6, 6.07) is 29.0. The third kappa shape index (κ3) is 3.98. The summed E-state index contributed by atoms with van der Waals surface area (Å²) in [5, 5.41) is 24.8. The van der Waals surface area contributed by atoms with Crippen LogP contribution in [0.15, 0.2) is 96.4 Å². The van der Waals surface area contributed by atoms with Gasteiger partial charge >= 0.3 is 6.02 Å². The molecule has 0 aliphatic rings. The van der Waals surface area contributed by atoms with Crippen LogP contribution in [0, 0.1) is 5.41 Å². The summed E-state index contributed by atoms with van der Waals surface area (Å²) in [7, 11) is 0. The van der Waals surface area contributed by atoms with E-state index in [4.69, 9.17) is 5.41 Å². The molecule has 0 aliphatic carbocycles. The molecule has 7 heteroatoms. The molecule has 2 N–H and O–H groups in total. The van der Waals surface area contributed by atoms with Crippen LogP contribution in [0.4, 0.5) is 10.9 Å². The molecule has 0 atom stereocenters. The highest BCUT2D eigenvalue weighted by Crippen LogP contribution is 2.41. The van der Waals surface area contributed by atoms with Gasteiger partial charge in [-0.05, 0) is 16.7 Å². The molecule has 0 saturated carbocycles. The van der Waals surface area contributed by atoms with Gasteiger partial charge in [-0.3, -0.25) is 4.79 Å². The standard InChI is InChI=1S/C25H21N4O2S/c1-18(30)29(23(26)31)22-17-32-24(27-22)28-25(19-11-5-2-6-12-19,20-13-7-3-8-14-20)21-15-9-4-10-16-21/h2-17,26H,1H3,(H,27,28). The zero-order valence-corrected chi connectivity index (χ0v) is 18.2. The Morgan fingerprint density at radius 1 is 0.875 bits per heavy atom. The molecule has 0 unspecified atom stereocenters. The lowest BCUT2D eigenvalue weighted by Crippen LogP contribution is -2.38. The van der Waals surface area contributed by atoms with Crippen LogP contribution < -0.4 is 10.2 Å². The van der Waals surface area contributed by atoms with Gasteiger partial charge in [-0.2, -0.15) is 0 Å². The lowest BCUT2D eigenvalue weighted by atomic mass is 9.77. The van der Waals surface area contributed by atoms with E-state index < -0.39 is 17.5 Å². The van der Waals surface area contributed by atoms with Crippen molar-refractivity contribution in [1.82, 2.24) is 4.98 Å². The van der Waals surface area contributed by atoms with E-state index in [0.29, 0.717) is 5.13 Å². The van der Waals surface area contributed by atoms with Gasteiger partial charge in [0.2, 0.25) is 5.91 Å². The van der Waals surface area contributed by atoms with Crippen molar-refractivity contribution in [3.05, 3.63) is 113 Å². The van der Waals surface area contributed by atoms with E-state index in [1.807, 2.05) is 54.6 Å². The van der Waals surface area contributed by atoms with Crippen molar-refractivity contribution in [3.63, 3.8) is 0 Å². The average Bonchev–Trinajstić information content (AvgIpc) is 3.26. The van der Waals surface area contributed by atoms with Crippen LogP contribution in [0.2, 0.25) is 0 Å². The number of carbonyl (C=O) groups is 1. The number of amidine groups is 1. The molecule has 4 aromatic rings. The molecule has 4 rings (SSSR count). The maximum atomic E-state index is 11.9. The summed E-state index contributed by atoms with van der Waals surface area (Å²) in [5.74, 6) is -0.421. The fourth-order valence-electron chi connectivity index (χ4n) is 3.78. The predicted molar refractivity (Wildman–Crippen MR) is 127 cm³/mol. The van der Waals surface area contributed by atoms with Gasteiger partial charge in [0, 0.05) is 12.3 Å². The number of hydrogen-bond donors (Lipinski definition) is 2. The first kappa shape index (κ1) is 21.3. The summed E-state index contributed by atoms with van der Waals surface area (Å²) >= 11 is 1.27. The third-order valence-electron chi connectivity index (χ3n) is 5.15. The van der Waals surface area contributed by atoms with Gasteiger partial charge in [-0.25, -0.2) is 20.4 Å². The first-order valence-corrected chi connectivity index (χ1v) is 10.9. The van der Waals surface area contributed by atoms with Crippen LogP contribution in [-0.2, 0) is 15.4 Å². The van der Waals surface area contributed by atoms with Gasteiger partial charge in [-0.1, -0.05) is 91.0 Å². The van der Waals surface area contributed by atoms with Crippen molar-refractivity contribution < 1.29 is 9.90 Å². The van der Waals surface area contributed by atoms with Crippen LogP contribution >= 0.6 is 11.3 Å². The fraction of sp³-hybridized carbons (Fsp3) is 0.0800. The summed E-state index contributed by atoms with van der Waals surface area (Å²) in [6.07, 6.45) is 0. The molecule has 1 radical (unpaired) electrons. The minimum Gasteiger partial charge on any atom is -0.344 e. The van der Waals surface area contributed by atoms with Crippen LogP contribution in [0.5, 0.6) is 0 Å². The van der Waals surface area contributed by atoms with Crippen LogP contribution in [0.25, 0.3) is 0 Å². The second-order valence-electron chi connectivity index (χ2n) is 7.14. The number of thiazole rings is 1. The first-order valence-electron chi connectivity index (χ1n) is 9.99. The Labute approximate surface area is 190 Å². The molecule has 32 heavy (non-hydrogen) atoms. The number of aromatic nitrogens is 1. The maximum Gasteiger partial charge on any atom is 0.348 e. The number of anilines is 2. The first-order chi connectivity index (χ1) is 15.5. The molecule has 0 fully saturated rings. The van der Waals surface area contributed by atoms with Gasteiger partial charge in [-0.15, -0.1) is 11.3 Å². The Kier molecular flexibility index (Phi) is 6.00. The molecule has 159 valence electrons. The highest BCUT2D eigenvalue weighted by Gasteiger charge is 2.37. The summed E-state index contributed by atoms with van der Waals surface area (Å²) in [6.45, 7) is 1.24. The smallest absolute Gasteiger partial charge is 0.344 e. The third-order valence-corrected chi connectivity index (χ3v) is 5.90. The van der Waals surface area contributed by atoms with E-state index in [1.165, 1.54) is 18.3 Å². The number of nitrogens with one attached hydrogen (secondary N) is 2. The molecule has 0 aliphatic heterocycles. The van der Waals surface area contributed by atoms with Gasteiger partial charge in [0.05, 0.1) is 0 Å². The topological polar surface area (TPSA) is 89.0 Å². The van der Waals surface area contributed by atoms with Gasteiger partial charge in [0.15, 0.2) is 10.9 Å². The van der Waals surface area contributed by atoms with E-state index in [1.54, 1.807) is 5.38 Å². The Morgan fingerprint density at radius 2 is 1.31 bits per heavy atom. The fourth-order valence-corrected chi connectivity index (χ4v) is 4.51. The van der Waals surface area contributed by atoms with Crippen molar-refractivity contribution in [1.29, 1.82) is 5.41 Å². The van der Waals surface area contributed by atoms with Gasteiger partial charge < -0.3 is 5.32 Å². The van der Waals surface area contributed by atoms with E-state index in [2.05, 4.69) is 46.7 Å². The van der Waals surface area contributed by atoms with E-state index >= 15 is 0 Å². The van der Waals surface area contributed by atoms with E-state index in [9.17, 15) is 9.90 Å². The summed E-state index contributed by atoms with van der Waals surface area (Å²) in [5.41, 5.74) is 2.25. The van der Waals surface area contributed by atoms with Crippen molar-refractivity contribution in [3.8, 4) is 0 Å². The Hall–Kier alpha value is -3.97. The molecule has 3 aromatic carbocycles. The largest absolute Gasteiger partial charge is 0.348 e. The second-order valence-corrected chi connectivity index (χ2v) is 8.00. The van der Waals surface area contributed by atoms with Crippen LogP contribution in [-0.4, -0.2) is 16.9 Å². The average molecular weight is 442 g/mol. The Balaban J connectivity index is 1.90. The Bertz CT molecular complexity index is 1100. The zero-order chi connectivity index (χ0) is 22.6. The highest BCUT2D eigenvalue weighted by molar-refractivity contribution is 7.14. The van der Waals surface area contributed by atoms with E-state index in [0.717, 1.165) is 21.6 Å².